The highest BCUT2D eigenvalue weighted by Gasteiger charge is 2.32. The summed E-state index contributed by atoms with van der Waals surface area (Å²) in [7, 11) is -3.30. The van der Waals surface area contributed by atoms with E-state index in [-0.39, 0.29) is 5.25 Å². The standard InChI is InChI=1S/C19H18BrN3O2S2/c20-14-4-6-15(7-5-14)27(24,25)16-8-11-23(12-9-16)19-22-18(13-26-19)17-3-1-2-10-21-17/h1-7,10,13,16H,8-9,11-12H2. The molecule has 4 rings (SSSR count). The van der Waals surface area contributed by atoms with Gasteiger partial charge in [0.1, 0.15) is 5.69 Å². The molecule has 0 atom stereocenters. The molecule has 2 aromatic heterocycles. The summed E-state index contributed by atoms with van der Waals surface area (Å²) in [6.45, 7) is 1.38. The molecule has 1 saturated heterocycles. The summed E-state index contributed by atoms with van der Waals surface area (Å²) in [5, 5.41) is 2.59. The van der Waals surface area contributed by atoms with Gasteiger partial charge in [-0.1, -0.05) is 22.0 Å². The summed E-state index contributed by atoms with van der Waals surface area (Å²) in [5.41, 5.74) is 1.72. The monoisotopic (exact) mass is 463 g/mol. The molecule has 0 amide bonds. The van der Waals surface area contributed by atoms with Gasteiger partial charge in [0.05, 0.1) is 15.8 Å². The molecule has 27 heavy (non-hydrogen) atoms. The van der Waals surface area contributed by atoms with Crippen molar-refractivity contribution in [3.05, 3.63) is 58.5 Å². The normalized spacial score (nSPS) is 15.8. The molecule has 3 aromatic rings. The number of halogens is 1. The zero-order chi connectivity index (χ0) is 18.9. The number of thiazole rings is 1. The number of sulfone groups is 1. The van der Waals surface area contributed by atoms with Gasteiger partial charge < -0.3 is 4.90 Å². The maximum absolute atomic E-state index is 12.9. The highest BCUT2D eigenvalue weighted by atomic mass is 79.9. The Morgan fingerprint density at radius 1 is 1.04 bits per heavy atom. The first-order valence-electron chi connectivity index (χ1n) is 8.65. The molecule has 140 valence electrons. The van der Waals surface area contributed by atoms with Crippen LogP contribution in [0.5, 0.6) is 0 Å². The molecule has 0 aliphatic carbocycles. The van der Waals surface area contributed by atoms with E-state index in [2.05, 4.69) is 30.8 Å². The van der Waals surface area contributed by atoms with E-state index < -0.39 is 9.84 Å². The molecule has 0 saturated carbocycles. The Kier molecular flexibility index (Phi) is 5.29. The van der Waals surface area contributed by atoms with Crippen LogP contribution in [0.2, 0.25) is 0 Å². The van der Waals surface area contributed by atoms with Gasteiger partial charge in [-0.25, -0.2) is 13.4 Å². The van der Waals surface area contributed by atoms with Crippen molar-refractivity contribution in [3.63, 3.8) is 0 Å². The number of pyridine rings is 1. The van der Waals surface area contributed by atoms with Crippen molar-refractivity contribution in [2.24, 2.45) is 0 Å². The number of benzene rings is 1. The van der Waals surface area contributed by atoms with E-state index in [1.54, 1.807) is 41.8 Å². The maximum Gasteiger partial charge on any atom is 0.185 e. The quantitative estimate of drug-likeness (QED) is 0.573. The first-order valence-corrected chi connectivity index (χ1v) is 11.9. The summed E-state index contributed by atoms with van der Waals surface area (Å²) in [6.07, 6.45) is 2.97. The van der Waals surface area contributed by atoms with Crippen molar-refractivity contribution >= 4 is 42.2 Å². The minimum absolute atomic E-state index is 0.342. The molecule has 0 spiro atoms. The largest absolute Gasteiger partial charge is 0.348 e. The zero-order valence-corrected chi connectivity index (χ0v) is 17.7. The third kappa shape index (κ3) is 3.93. The van der Waals surface area contributed by atoms with E-state index in [0.29, 0.717) is 30.8 Å². The molecule has 1 aliphatic heterocycles. The molecule has 1 aromatic carbocycles. The van der Waals surface area contributed by atoms with Crippen molar-refractivity contribution < 1.29 is 8.42 Å². The summed E-state index contributed by atoms with van der Waals surface area (Å²) in [4.78, 5) is 11.6. The van der Waals surface area contributed by atoms with Crippen LogP contribution in [0.1, 0.15) is 12.8 Å². The number of aromatic nitrogens is 2. The number of rotatable bonds is 4. The molecule has 0 N–H and O–H groups in total. The Hall–Kier alpha value is -1.77. The number of nitrogens with zero attached hydrogens (tertiary/aromatic N) is 3. The van der Waals surface area contributed by atoms with E-state index in [1.807, 2.05) is 23.6 Å². The molecule has 1 aliphatic rings. The predicted octanol–water partition coefficient (Wildman–Crippen LogP) is 4.41. The van der Waals surface area contributed by atoms with Crippen molar-refractivity contribution in [3.8, 4) is 11.4 Å². The minimum atomic E-state index is -3.30. The van der Waals surface area contributed by atoms with Crippen LogP contribution in [-0.2, 0) is 9.84 Å². The second-order valence-corrected chi connectivity index (χ2v) is 10.4. The fourth-order valence-corrected chi connectivity index (χ4v) is 6.08. The zero-order valence-electron chi connectivity index (χ0n) is 14.5. The highest BCUT2D eigenvalue weighted by Crippen LogP contribution is 2.31. The lowest BCUT2D eigenvalue weighted by Crippen LogP contribution is -2.39. The molecule has 3 heterocycles. The van der Waals surface area contributed by atoms with E-state index in [9.17, 15) is 8.42 Å². The first kappa shape index (κ1) is 18.6. The molecular formula is C19H18BrN3O2S2. The summed E-state index contributed by atoms with van der Waals surface area (Å²) in [6, 6.07) is 12.7. The lowest BCUT2D eigenvalue weighted by molar-refractivity contribution is 0.529. The van der Waals surface area contributed by atoms with Crippen LogP contribution in [0.3, 0.4) is 0 Å². The van der Waals surface area contributed by atoms with Crippen LogP contribution < -0.4 is 4.90 Å². The Balaban J connectivity index is 1.45. The Labute approximate surface area is 171 Å². The van der Waals surface area contributed by atoms with Crippen molar-refractivity contribution in [2.45, 2.75) is 23.0 Å². The topological polar surface area (TPSA) is 63.2 Å². The van der Waals surface area contributed by atoms with Gasteiger partial charge in [-0.15, -0.1) is 11.3 Å². The third-order valence-corrected chi connectivity index (χ3v) is 8.42. The van der Waals surface area contributed by atoms with E-state index in [4.69, 9.17) is 0 Å². The van der Waals surface area contributed by atoms with Crippen LogP contribution in [0.4, 0.5) is 5.13 Å². The van der Waals surface area contributed by atoms with Gasteiger partial charge in [-0.3, -0.25) is 4.98 Å². The Morgan fingerprint density at radius 2 is 1.78 bits per heavy atom. The molecule has 1 fully saturated rings. The Bertz CT molecular complexity index is 1010. The van der Waals surface area contributed by atoms with Crippen LogP contribution in [-0.4, -0.2) is 36.7 Å². The average Bonchev–Trinajstić information content (AvgIpc) is 3.19. The van der Waals surface area contributed by atoms with Crippen molar-refractivity contribution in [2.75, 3.05) is 18.0 Å². The predicted molar refractivity (Wildman–Crippen MR) is 112 cm³/mol. The lowest BCUT2D eigenvalue weighted by atomic mass is 10.1. The molecule has 0 radical (unpaired) electrons. The van der Waals surface area contributed by atoms with Gasteiger partial charge in [0.2, 0.25) is 0 Å². The summed E-state index contributed by atoms with van der Waals surface area (Å²) in [5.74, 6) is 0. The molecule has 0 unspecified atom stereocenters. The number of anilines is 1. The van der Waals surface area contributed by atoms with Crippen LogP contribution in [0.15, 0.2) is 63.4 Å². The number of hydrogen-bond acceptors (Lipinski definition) is 6. The number of hydrogen-bond donors (Lipinski definition) is 0. The second kappa shape index (κ2) is 7.69. The fourth-order valence-electron chi connectivity index (χ4n) is 3.22. The average molecular weight is 464 g/mol. The first-order chi connectivity index (χ1) is 13.0. The maximum atomic E-state index is 12.9. The van der Waals surface area contributed by atoms with E-state index in [0.717, 1.165) is 21.0 Å². The van der Waals surface area contributed by atoms with Gasteiger partial charge in [0.25, 0.3) is 0 Å². The summed E-state index contributed by atoms with van der Waals surface area (Å²) >= 11 is 4.93. The number of piperidine rings is 1. The SMILES string of the molecule is O=S(=O)(c1ccc(Br)cc1)C1CCN(c2nc(-c3ccccn3)cs2)CC1. The smallest absolute Gasteiger partial charge is 0.185 e. The van der Waals surface area contributed by atoms with Crippen molar-refractivity contribution in [1.82, 2.24) is 9.97 Å². The summed E-state index contributed by atoms with van der Waals surface area (Å²) < 4.78 is 26.6. The molecule has 5 nitrogen and oxygen atoms in total. The van der Waals surface area contributed by atoms with Crippen LogP contribution in [0, 0.1) is 0 Å². The van der Waals surface area contributed by atoms with Crippen LogP contribution in [0.25, 0.3) is 11.4 Å². The second-order valence-electron chi connectivity index (χ2n) is 6.42. The van der Waals surface area contributed by atoms with Crippen molar-refractivity contribution in [1.29, 1.82) is 0 Å². The highest BCUT2D eigenvalue weighted by molar-refractivity contribution is 9.10. The van der Waals surface area contributed by atoms with Crippen LogP contribution >= 0.6 is 27.3 Å². The fraction of sp³-hybridized carbons (Fsp3) is 0.263. The lowest BCUT2D eigenvalue weighted by Gasteiger charge is -2.31. The van der Waals surface area contributed by atoms with E-state index >= 15 is 0 Å². The third-order valence-electron chi connectivity index (χ3n) is 4.71. The Morgan fingerprint density at radius 3 is 2.44 bits per heavy atom. The van der Waals surface area contributed by atoms with Gasteiger partial charge in [-0.05, 0) is 49.2 Å². The molecule has 8 heteroatoms. The molecular weight excluding hydrogens is 446 g/mol. The van der Waals surface area contributed by atoms with Gasteiger partial charge in [-0.2, -0.15) is 0 Å². The minimum Gasteiger partial charge on any atom is -0.348 e. The van der Waals surface area contributed by atoms with Gasteiger partial charge in [0, 0.05) is 29.1 Å². The van der Waals surface area contributed by atoms with E-state index in [1.165, 1.54) is 0 Å². The van der Waals surface area contributed by atoms with Gasteiger partial charge in [0.15, 0.2) is 15.0 Å². The molecule has 0 bridgehead atoms. The van der Waals surface area contributed by atoms with Gasteiger partial charge >= 0.3 is 0 Å².